The molecule has 0 radical (unpaired) electrons. The minimum absolute atomic E-state index is 0.0333. The highest BCUT2D eigenvalue weighted by molar-refractivity contribution is 6.40. The van der Waals surface area contributed by atoms with Crippen LogP contribution in [-0.2, 0) is 14.4 Å². The van der Waals surface area contributed by atoms with Gasteiger partial charge in [0.1, 0.15) is 6.10 Å². The molecule has 3 saturated heterocycles. The Morgan fingerprint density at radius 3 is 2.59 bits per heavy atom. The van der Waals surface area contributed by atoms with Crippen LogP contribution in [0.3, 0.4) is 0 Å². The molecule has 3 atom stereocenters. The highest BCUT2D eigenvalue weighted by atomic mass is 35.5. The molecule has 0 unspecified atom stereocenters. The Morgan fingerprint density at radius 2 is 1.95 bits per heavy atom. The van der Waals surface area contributed by atoms with Crippen LogP contribution in [0.2, 0.25) is 0 Å². The number of fused-ring (bicyclic) bond motifs is 1. The molecular formula is C14H23Cl2NO5. The highest BCUT2D eigenvalue weighted by Gasteiger charge is 2.72. The molecule has 3 aliphatic heterocycles. The van der Waals surface area contributed by atoms with Crippen molar-refractivity contribution in [2.75, 3.05) is 11.9 Å². The maximum atomic E-state index is 12.6. The van der Waals surface area contributed by atoms with E-state index in [2.05, 4.69) is 0 Å². The van der Waals surface area contributed by atoms with E-state index in [1.165, 1.54) is 5.06 Å². The van der Waals surface area contributed by atoms with E-state index in [0.29, 0.717) is 13.0 Å². The molecule has 3 fully saturated rings. The van der Waals surface area contributed by atoms with E-state index >= 15 is 0 Å². The molecule has 22 heavy (non-hydrogen) atoms. The number of rotatable bonds is 0. The van der Waals surface area contributed by atoms with Crippen LogP contribution < -0.4 is 0 Å². The number of hydrogen-bond donors (Lipinski definition) is 2. The molecule has 6 nitrogen and oxygen atoms in total. The van der Waals surface area contributed by atoms with Gasteiger partial charge < -0.3 is 14.9 Å². The number of halogens is 2. The lowest BCUT2D eigenvalue weighted by atomic mass is 9.80. The zero-order chi connectivity index (χ0) is 16.6. The number of carbonyl (C=O) groups excluding carboxylic acids is 1. The Bertz CT molecular complexity index is 435. The summed E-state index contributed by atoms with van der Waals surface area (Å²) in [5.74, 6) is -1.94. The Kier molecular flexibility index (Phi) is 5.32. The van der Waals surface area contributed by atoms with Gasteiger partial charge in [-0.3, -0.25) is 9.63 Å². The van der Waals surface area contributed by atoms with Crippen molar-refractivity contribution in [3.63, 3.8) is 0 Å². The zero-order valence-corrected chi connectivity index (χ0v) is 14.4. The van der Waals surface area contributed by atoms with Crippen molar-refractivity contribution in [1.82, 2.24) is 5.06 Å². The zero-order valence-electron chi connectivity index (χ0n) is 12.8. The third-order valence-corrected chi connectivity index (χ3v) is 4.78. The van der Waals surface area contributed by atoms with E-state index in [0.717, 1.165) is 19.3 Å². The topological polar surface area (TPSA) is 79.2 Å². The molecule has 2 N–H and O–H groups in total. The summed E-state index contributed by atoms with van der Waals surface area (Å²) in [5, 5.41) is 22.3. The lowest BCUT2D eigenvalue weighted by molar-refractivity contribution is -0.391. The van der Waals surface area contributed by atoms with E-state index in [-0.39, 0.29) is 17.7 Å². The minimum Gasteiger partial charge on any atom is -0.388 e. The van der Waals surface area contributed by atoms with E-state index in [1.54, 1.807) is 13.8 Å². The number of amides is 1. The summed E-state index contributed by atoms with van der Waals surface area (Å²) in [6.45, 7) is 3.68. The second-order valence-electron chi connectivity index (χ2n) is 6.42. The van der Waals surface area contributed by atoms with Gasteiger partial charge in [-0.25, -0.2) is 0 Å². The van der Waals surface area contributed by atoms with Crippen LogP contribution in [-0.4, -0.2) is 50.7 Å². The summed E-state index contributed by atoms with van der Waals surface area (Å²) in [6, 6.07) is 0. The van der Waals surface area contributed by atoms with Crippen molar-refractivity contribution in [3.8, 4) is 0 Å². The summed E-state index contributed by atoms with van der Waals surface area (Å²) in [7, 11) is 0. The number of ether oxygens (including phenoxy) is 1. The molecule has 1 amide bonds. The van der Waals surface area contributed by atoms with E-state index in [1.807, 2.05) is 0 Å². The minimum atomic E-state index is -1.62. The maximum Gasteiger partial charge on any atom is 0.260 e. The smallest absolute Gasteiger partial charge is 0.260 e. The molecule has 3 rings (SSSR count). The van der Waals surface area contributed by atoms with Gasteiger partial charge in [0.15, 0.2) is 11.5 Å². The fraction of sp³-hybridized carbons (Fsp3) is 0.929. The molecule has 8 heteroatoms. The molecule has 128 valence electrons. The Morgan fingerprint density at radius 1 is 1.32 bits per heavy atom. The number of aliphatic hydroxyl groups is 2. The average Bonchev–Trinajstić information content (AvgIpc) is 2.66. The first kappa shape index (κ1) is 18.2. The second-order valence-corrected chi connectivity index (χ2v) is 7.23. The van der Waals surface area contributed by atoms with Gasteiger partial charge in [-0.2, -0.15) is 5.06 Å². The van der Waals surface area contributed by atoms with Gasteiger partial charge in [0.05, 0.1) is 17.4 Å². The van der Waals surface area contributed by atoms with Crippen molar-refractivity contribution in [2.45, 2.75) is 63.6 Å². The van der Waals surface area contributed by atoms with Gasteiger partial charge in [0.25, 0.3) is 5.91 Å². The summed E-state index contributed by atoms with van der Waals surface area (Å²) in [6.07, 6.45) is 2.26. The van der Waals surface area contributed by atoms with Gasteiger partial charge in [-0.1, -0.05) is 6.42 Å². The first-order valence-corrected chi connectivity index (χ1v) is 8.52. The van der Waals surface area contributed by atoms with E-state index < -0.39 is 23.0 Å². The number of nitrogens with zero attached hydrogens (tertiary/aromatic N) is 1. The number of hydroxylamine groups is 2. The van der Waals surface area contributed by atoms with E-state index in [4.69, 9.17) is 32.8 Å². The van der Waals surface area contributed by atoms with Crippen molar-refractivity contribution < 1.29 is 24.6 Å². The fourth-order valence-corrected chi connectivity index (χ4v) is 3.28. The van der Waals surface area contributed by atoms with Crippen LogP contribution in [0.5, 0.6) is 0 Å². The number of alkyl halides is 2. The van der Waals surface area contributed by atoms with Gasteiger partial charge in [-0.15, -0.1) is 23.2 Å². The molecule has 0 aromatic rings. The predicted molar refractivity (Wildman–Crippen MR) is 81.0 cm³/mol. The lowest BCUT2D eigenvalue weighted by Crippen LogP contribution is -2.68. The third kappa shape index (κ3) is 2.64. The van der Waals surface area contributed by atoms with Gasteiger partial charge >= 0.3 is 0 Å². The van der Waals surface area contributed by atoms with Crippen LogP contribution in [0.1, 0.15) is 46.0 Å². The quantitative estimate of drug-likeness (QED) is 0.649. The molecule has 0 aliphatic carbocycles. The number of hydrogen-bond acceptors (Lipinski definition) is 5. The second kappa shape index (κ2) is 6.42. The summed E-state index contributed by atoms with van der Waals surface area (Å²) >= 11 is 9.53. The van der Waals surface area contributed by atoms with Crippen LogP contribution in [0.4, 0.5) is 0 Å². The van der Waals surface area contributed by atoms with Crippen molar-refractivity contribution in [2.24, 2.45) is 5.41 Å². The Balaban J connectivity index is 0.000000545. The first-order chi connectivity index (χ1) is 10.2. The largest absolute Gasteiger partial charge is 0.388 e. The molecular weight excluding hydrogens is 333 g/mol. The van der Waals surface area contributed by atoms with Gasteiger partial charge in [-0.05, 0) is 26.7 Å². The summed E-state index contributed by atoms with van der Waals surface area (Å²) < 4.78 is 5.80. The van der Waals surface area contributed by atoms with Crippen LogP contribution in [0.15, 0.2) is 0 Å². The third-order valence-electron chi connectivity index (χ3n) is 4.78. The van der Waals surface area contributed by atoms with Crippen LogP contribution in [0, 0.1) is 5.41 Å². The standard InChI is InChI=1S/C13H21NO5.CH2Cl2/c1-11(2)10(16)14-12(6-4-3-5-7-18-14)9(15)8-13(11,17)19-12;2-1-3/h9,15,17H,3-8H2,1-2H3;1H2/t9-,12-,13+;/m0./s1. The van der Waals surface area contributed by atoms with Crippen molar-refractivity contribution in [3.05, 3.63) is 0 Å². The highest BCUT2D eigenvalue weighted by Crippen LogP contribution is 2.55. The molecule has 2 bridgehead atoms. The van der Waals surface area contributed by atoms with Crippen LogP contribution >= 0.6 is 23.2 Å². The van der Waals surface area contributed by atoms with Crippen molar-refractivity contribution >= 4 is 29.1 Å². The Labute approximate surface area is 140 Å². The monoisotopic (exact) mass is 355 g/mol. The lowest BCUT2D eigenvalue weighted by Gasteiger charge is -2.52. The average molecular weight is 356 g/mol. The molecule has 1 spiro atoms. The summed E-state index contributed by atoms with van der Waals surface area (Å²) in [4.78, 5) is 18.2. The predicted octanol–water partition coefficient (Wildman–Crippen LogP) is 1.95. The molecule has 0 aromatic heterocycles. The van der Waals surface area contributed by atoms with Crippen LogP contribution in [0.25, 0.3) is 0 Å². The molecule has 3 aliphatic rings. The normalized spacial score (nSPS) is 40.2. The molecule has 0 aromatic carbocycles. The van der Waals surface area contributed by atoms with Gasteiger partial charge in [0.2, 0.25) is 0 Å². The van der Waals surface area contributed by atoms with Crippen molar-refractivity contribution in [1.29, 1.82) is 0 Å². The number of carbonyl (C=O) groups is 1. The molecule has 0 saturated carbocycles. The number of aliphatic hydroxyl groups excluding tert-OH is 1. The summed E-state index contributed by atoms with van der Waals surface area (Å²) in [5.41, 5.74) is -2.35. The first-order valence-electron chi connectivity index (χ1n) is 7.45. The van der Waals surface area contributed by atoms with E-state index in [9.17, 15) is 15.0 Å². The SMILES string of the molecule is CC1(C)C(=O)N2OCCCCC[C@@]23O[C@]1(O)C[C@@H]3O.ClCCl. The Hall–Kier alpha value is -0.110. The maximum absolute atomic E-state index is 12.6. The fourth-order valence-electron chi connectivity index (χ4n) is 3.28. The molecule has 3 heterocycles. The van der Waals surface area contributed by atoms with Gasteiger partial charge in [0, 0.05) is 12.8 Å².